The molecule has 4 atom stereocenters. The minimum Gasteiger partial charge on any atom is -0.481 e. The summed E-state index contributed by atoms with van der Waals surface area (Å²) in [6.07, 6.45) is -1.19. The van der Waals surface area contributed by atoms with Crippen LogP contribution in [0.15, 0.2) is 4.99 Å². The molecular formula is C18H32N8O9. The van der Waals surface area contributed by atoms with Gasteiger partial charge in [-0.05, 0) is 19.3 Å². The first-order chi connectivity index (χ1) is 16.3. The maximum atomic E-state index is 12.6. The Morgan fingerprint density at radius 1 is 0.800 bits per heavy atom. The van der Waals surface area contributed by atoms with Crippen LogP contribution in [0.3, 0.4) is 0 Å². The molecule has 0 aromatic rings. The SMILES string of the molecule is NC(=O)CC(NC(=O)C(CO)NC(=O)C(CCC(=O)O)NC(=O)C(N)CCCN=C(N)N)C(=O)O. The fourth-order valence-electron chi connectivity index (χ4n) is 2.61. The highest BCUT2D eigenvalue weighted by Gasteiger charge is 2.30. The molecule has 0 aliphatic carbocycles. The summed E-state index contributed by atoms with van der Waals surface area (Å²) in [4.78, 5) is 74.1. The summed E-state index contributed by atoms with van der Waals surface area (Å²) >= 11 is 0. The minimum atomic E-state index is -1.72. The number of rotatable bonds is 17. The van der Waals surface area contributed by atoms with Crippen molar-refractivity contribution in [3.8, 4) is 0 Å². The van der Waals surface area contributed by atoms with Gasteiger partial charge in [-0.1, -0.05) is 0 Å². The summed E-state index contributed by atoms with van der Waals surface area (Å²) in [5.74, 6) is -7.00. The van der Waals surface area contributed by atoms with Gasteiger partial charge in [0.25, 0.3) is 0 Å². The topological polar surface area (TPSA) is 316 Å². The van der Waals surface area contributed by atoms with Gasteiger partial charge in [0, 0.05) is 13.0 Å². The molecule has 0 rings (SSSR count). The van der Waals surface area contributed by atoms with Crippen LogP contribution in [0.1, 0.15) is 32.1 Å². The first-order valence-corrected chi connectivity index (χ1v) is 10.3. The second-order valence-electron chi connectivity index (χ2n) is 7.36. The zero-order valence-electron chi connectivity index (χ0n) is 18.8. The number of aliphatic carboxylic acids is 2. The van der Waals surface area contributed by atoms with Crippen LogP contribution in [0.4, 0.5) is 0 Å². The number of nitrogens with one attached hydrogen (secondary N) is 3. The lowest BCUT2D eigenvalue weighted by Crippen LogP contribution is -2.58. The third-order valence-electron chi connectivity index (χ3n) is 4.42. The van der Waals surface area contributed by atoms with Gasteiger partial charge >= 0.3 is 11.9 Å². The molecule has 0 aromatic heterocycles. The van der Waals surface area contributed by atoms with Gasteiger partial charge in [-0.15, -0.1) is 0 Å². The van der Waals surface area contributed by atoms with E-state index in [9.17, 15) is 33.9 Å². The Bertz CT molecular complexity index is 816. The number of primary amides is 1. The summed E-state index contributed by atoms with van der Waals surface area (Å²) in [5.41, 5.74) is 21.1. The highest BCUT2D eigenvalue weighted by Crippen LogP contribution is 2.03. The van der Waals surface area contributed by atoms with Crippen molar-refractivity contribution in [3.05, 3.63) is 0 Å². The van der Waals surface area contributed by atoms with Gasteiger partial charge in [-0.2, -0.15) is 0 Å². The molecule has 198 valence electrons. The lowest BCUT2D eigenvalue weighted by atomic mass is 10.1. The zero-order valence-corrected chi connectivity index (χ0v) is 18.8. The quantitative estimate of drug-likeness (QED) is 0.0504. The normalized spacial score (nSPS) is 13.9. The molecule has 0 aliphatic heterocycles. The summed E-state index contributed by atoms with van der Waals surface area (Å²) < 4.78 is 0. The molecule has 0 aliphatic rings. The second-order valence-corrected chi connectivity index (χ2v) is 7.36. The van der Waals surface area contributed by atoms with E-state index in [0.717, 1.165) is 0 Å². The Morgan fingerprint density at radius 2 is 1.34 bits per heavy atom. The van der Waals surface area contributed by atoms with Gasteiger partial charge in [-0.25, -0.2) is 4.79 Å². The molecule has 0 fully saturated rings. The van der Waals surface area contributed by atoms with Crippen molar-refractivity contribution >= 4 is 41.5 Å². The summed E-state index contributed by atoms with van der Waals surface area (Å²) in [6, 6.07) is -5.95. The number of aliphatic hydroxyl groups excluding tert-OH is 1. The van der Waals surface area contributed by atoms with Crippen molar-refractivity contribution < 1.29 is 44.1 Å². The Hall–Kier alpha value is -3.99. The van der Waals surface area contributed by atoms with Gasteiger partial charge in [-0.3, -0.25) is 29.0 Å². The van der Waals surface area contributed by atoms with E-state index >= 15 is 0 Å². The first-order valence-electron chi connectivity index (χ1n) is 10.3. The van der Waals surface area contributed by atoms with Crippen LogP contribution in [0.2, 0.25) is 0 Å². The maximum absolute atomic E-state index is 12.6. The van der Waals surface area contributed by atoms with Gasteiger partial charge in [0.05, 0.1) is 19.1 Å². The van der Waals surface area contributed by atoms with E-state index in [2.05, 4.69) is 15.6 Å². The lowest BCUT2D eigenvalue weighted by molar-refractivity contribution is -0.144. The Kier molecular flexibility index (Phi) is 14.0. The van der Waals surface area contributed by atoms with Gasteiger partial charge in [0.2, 0.25) is 23.6 Å². The van der Waals surface area contributed by atoms with Crippen molar-refractivity contribution in [2.75, 3.05) is 13.2 Å². The Balaban J connectivity index is 5.25. The number of hydrogen-bond donors (Lipinski definition) is 10. The van der Waals surface area contributed by atoms with Gasteiger partial charge < -0.3 is 54.2 Å². The van der Waals surface area contributed by atoms with Crippen LogP contribution in [0, 0.1) is 0 Å². The molecule has 4 unspecified atom stereocenters. The molecule has 17 heteroatoms. The fourth-order valence-corrected chi connectivity index (χ4v) is 2.61. The van der Waals surface area contributed by atoms with E-state index in [1.165, 1.54) is 0 Å². The van der Waals surface area contributed by atoms with Crippen molar-refractivity contribution in [2.24, 2.45) is 27.9 Å². The van der Waals surface area contributed by atoms with E-state index in [0.29, 0.717) is 6.42 Å². The molecule has 0 saturated heterocycles. The number of guanidine groups is 1. The number of nitrogens with two attached hydrogens (primary N) is 4. The number of carbonyl (C=O) groups excluding carboxylic acids is 4. The molecular weight excluding hydrogens is 472 g/mol. The predicted molar refractivity (Wildman–Crippen MR) is 119 cm³/mol. The number of aliphatic imine (C=N–C) groups is 1. The molecule has 0 aromatic carbocycles. The Morgan fingerprint density at radius 3 is 1.83 bits per heavy atom. The second kappa shape index (κ2) is 15.8. The van der Waals surface area contributed by atoms with E-state index in [1.807, 2.05) is 5.32 Å². The molecule has 0 saturated carbocycles. The first kappa shape index (κ1) is 31.0. The van der Waals surface area contributed by atoms with E-state index < -0.39 is 79.2 Å². The highest BCUT2D eigenvalue weighted by atomic mass is 16.4. The third kappa shape index (κ3) is 13.3. The number of hydrogen-bond acceptors (Lipinski definition) is 9. The third-order valence-corrected chi connectivity index (χ3v) is 4.42. The van der Waals surface area contributed by atoms with Crippen LogP contribution < -0.4 is 38.9 Å². The molecule has 0 spiro atoms. The number of carboxylic acids is 2. The standard InChI is InChI=1S/C18H32N8O9/c19-8(2-1-5-23-18(21)22)14(31)24-9(3-4-13(29)30)15(32)26-11(7-27)16(33)25-10(17(34)35)6-12(20)28/h8-11,27H,1-7,19H2,(H2,20,28)(H,24,31)(H,25,33)(H,26,32)(H,29,30)(H,34,35)(H4,21,22,23). The molecule has 0 heterocycles. The van der Waals surface area contributed by atoms with Crippen molar-refractivity contribution in [1.29, 1.82) is 0 Å². The average Bonchev–Trinajstić information content (AvgIpc) is 2.75. The smallest absolute Gasteiger partial charge is 0.326 e. The predicted octanol–water partition coefficient (Wildman–Crippen LogP) is -5.36. The number of amides is 4. The van der Waals surface area contributed by atoms with E-state index in [-0.39, 0.29) is 25.3 Å². The molecule has 4 amide bonds. The van der Waals surface area contributed by atoms with Crippen LogP contribution in [0.5, 0.6) is 0 Å². The van der Waals surface area contributed by atoms with Crippen molar-refractivity contribution in [2.45, 2.75) is 56.3 Å². The van der Waals surface area contributed by atoms with E-state index in [1.54, 1.807) is 0 Å². The minimum absolute atomic E-state index is 0.133. The maximum Gasteiger partial charge on any atom is 0.326 e. The van der Waals surface area contributed by atoms with E-state index in [4.69, 9.17) is 33.1 Å². The number of carbonyl (C=O) groups is 6. The molecule has 14 N–H and O–H groups in total. The molecule has 0 radical (unpaired) electrons. The molecule has 0 bridgehead atoms. The summed E-state index contributed by atoms with van der Waals surface area (Å²) in [5, 5.41) is 33.8. The summed E-state index contributed by atoms with van der Waals surface area (Å²) in [6.45, 7) is -0.781. The number of aliphatic hydroxyl groups is 1. The van der Waals surface area contributed by atoms with Gasteiger partial charge in [0.15, 0.2) is 5.96 Å². The largest absolute Gasteiger partial charge is 0.481 e. The molecule has 35 heavy (non-hydrogen) atoms. The highest BCUT2D eigenvalue weighted by molar-refractivity contribution is 5.95. The summed E-state index contributed by atoms with van der Waals surface area (Å²) in [7, 11) is 0. The van der Waals surface area contributed by atoms with Crippen LogP contribution in [-0.4, -0.2) is 94.2 Å². The lowest BCUT2D eigenvalue weighted by Gasteiger charge is -2.24. The zero-order chi connectivity index (χ0) is 27.1. The monoisotopic (exact) mass is 504 g/mol. The van der Waals surface area contributed by atoms with Crippen LogP contribution >= 0.6 is 0 Å². The fraction of sp³-hybridized carbons (Fsp3) is 0.611. The van der Waals surface area contributed by atoms with Gasteiger partial charge in [0.1, 0.15) is 18.1 Å². The van der Waals surface area contributed by atoms with Crippen LogP contribution in [-0.2, 0) is 28.8 Å². The molecule has 17 nitrogen and oxygen atoms in total. The average molecular weight is 505 g/mol. The van der Waals surface area contributed by atoms with Crippen molar-refractivity contribution in [3.63, 3.8) is 0 Å². The van der Waals surface area contributed by atoms with Crippen LogP contribution in [0.25, 0.3) is 0 Å². The number of nitrogens with zero attached hydrogens (tertiary/aromatic N) is 1. The number of carboxylic acid groups (broad SMARTS) is 2. The van der Waals surface area contributed by atoms with Crippen molar-refractivity contribution in [1.82, 2.24) is 16.0 Å². The Labute approximate surface area is 199 Å².